The van der Waals surface area contributed by atoms with Gasteiger partial charge in [-0.15, -0.1) is 0 Å². The lowest BCUT2D eigenvalue weighted by Gasteiger charge is -2.44. The molecule has 4 nitrogen and oxygen atoms in total. The minimum absolute atomic E-state index is 0.122. The van der Waals surface area contributed by atoms with E-state index in [4.69, 9.17) is 0 Å². The molecule has 70 valence electrons. The van der Waals surface area contributed by atoms with Gasteiger partial charge in [0.05, 0.1) is 24.4 Å². The molecule has 0 aromatic heterocycles. The molecule has 2 saturated carbocycles. The number of hydrogen-bond acceptors (Lipinski definition) is 4. The molecule has 0 bridgehead atoms. The lowest BCUT2D eigenvalue weighted by molar-refractivity contribution is -0.171. The average molecular weight is 174 g/mol. The number of hydrogen-bond donors (Lipinski definition) is 4. The lowest BCUT2D eigenvalue weighted by atomic mass is 9.67. The molecule has 7 atom stereocenters. The predicted molar refractivity (Wildman–Crippen MR) is 40.2 cm³/mol. The quantitative estimate of drug-likeness (QED) is 0.354. The zero-order valence-electron chi connectivity index (χ0n) is 6.83. The highest BCUT2D eigenvalue weighted by Crippen LogP contribution is 2.50. The Labute approximate surface area is 70.5 Å². The van der Waals surface area contributed by atoms with E-state index < -0.39 is 24.4 Å². The van der Waals surface area contributed by atoms with Gasteiger partial charge >= 0.3 is 0 Å². The van der Waals surface area contributed by atoms with E-state index in [2.05, 4.69) is 0 Å². The topological polar surface area (TPSA) is 80.9 Å². The van der Waals surface area contributed by atoms with E-state index in [-0.39, 0.29) is 17.8 Å². The molecule has 0 saturated heterocycles. The van der Waals surface area contributed by atoms with E-state index >= 15 is 0 Å². The van der Waals surface area contributed by atoms with Crippen LogP contribution < -0.4 is 0 Å². The van der Waals surface area contributed by atoms with Crippen molar-refractivity contribution >= 4 is 0 Å². The lowest BCUT2D eigenvalue weighted by Crippen LogP contribution is -2.57. The van der Waals surface area contributed by atoms with E-state index in [0.29, 0.717) is 0 Å². The van der Waals surface area contributed by atoms with Gasteiger partial charge in [-0.2, -0.15) is 0 Å². The van der Waals surface area contributed by atoms with Gasteiger partial charge in [0, 0.05) is 11.8 Å². The number of aliphatic hydroxyl groups is 4. The largest absolute Gasteiger partial charge is 0.390 e. The number of rotatable bonds is 0. The molecule has 0 spiro atoms. The second-order valence-electron chi connectivity index (χ2n) is 3.98. The summed E-state index contributed by atoms with van der Waals surface area (Å²) < 4.78 is 0. The van der Waals surface area contributed by atoms with Crippen molar-refractivity contribution in [2.75, 3.05) is 0 Å². The molecule has 0 heterocycles. The van der Waals surface area contributed by atoms with Gasteiger partial charge in [0.1, 0.15) is 0 Å². The maximum absolute atomic E-state index is 9.43. The molecule has 2 rings (SSSR count). The second-order valence-corrected chi connectivity index (χ2v) is 3.98. The van der Waals surface area contributed by atoms with Crippen LogP contribution in [-0.4, -0.2) is 44.8 Å². The molecule has 2 aliphatic carbocycles. The third-order valence-electron chi connectivity index (χ3n) is 3.47. The van der Waals surface area contributed by atoms with E-state index in [9.17, 15) is 20.4 Å². The molecule has 12 heavy (non-hydrogen) atoms. The van der Waals surface area contributed by atoms with E-state index in [1.54, 1.807) is 6.92 Å². The van der Waals surface area contributed by atoms with Crippen molar-refractivity contribution in [3.63, 3.8) is 0 Å². The van der Waals surface area contributed by atoms with Crippen LogP contribution in [0.5, 0.6) is 0 Å². The smallest absolute Gasteiger partial charge is 0.0859 e. The summed E-state index contributed by atoms with van der Waals surface area (Å²) in [6.07, 6.45) is -3.29. The van der Waals surface area contributed by atoms with Crippen LogP contribution in [0.4, 0.5) is 0 Å². The Morgan fingerprint density at radius 2 is 1.08 bits per heavy atom. The Morgan fingerprint density at radius 1 is 0.667 bits per heavy atom. The van der Waals surface area contributed by atoms with Gasteiger partial charge in [0.15, 0.2) is 0 Å². The van der Waals surface area contributed by atoms with E-state index in [0.717, 1.165) is 0 Å². The van der Waals surface area contributed by atoms with Crippen LogP contribution in [0.2, 0.25) is 0 Å². The molecule has 0 aromatic rings. The summed E-state index contributed by atoms with van der Waals surface area (Å²) in [5.41, 5.74) is 0. The minimum atomic E-state index is -0.872. The summed E-state index contributed by atoms with van der Waals surface area (Å²) >= 11 is 0. The van der Waals surface area contributed by atoms with Gasteiger partial charge in [-0.1, -0.05) is 6.92 Å². The standard InChI is InChI=1S/C8H14O4/c1-2-3-4(7(11)5(2)9)8(12)6(3)10/h2-12H,1H3. The summed E-state index contributed by atoms with van der Waals surface area (Å²) in [5, 5.41) is 37.4. The van der Waals surface area contributed by atoms with Crippen molar-refractivity contribution in [3.8, 4) is 0 Å². The molecular weight excluding hydrogens is 160 g/mol. The SMILES string of the molecule is CC1C(O)C(O)C2C(O)C(O)C12. The summed E-state index contributed by atoms with van der Waals surface area (Å²) in [5.74, 6) is -0.585. The zero-order chi connectivity index (χ0) is 9.04. The monoisotopic (exact) mass is 174 g/mol. The van der Waals surface area contributed by atoms with Crippen molar-refractivity contribution in [2.45, 2.75) is 31.3 Å². The normalized spacial score (nSPS) is 64.2. The Balaban J connectivity index is 2.19. The molecular formula is C8H14O4. The first-order valence-corrected chi connectivity index (χ1v) is 4.28. The fourth-order valence-corrected chi connectivity index (χ4v) is 2.62. The Morgan fingerprint density at radius 3 is 1.58 bits per heavy atom. The predicted octanol–water partition coefficient (Wildman–Crippen LogP) is -1.67. The molecule has 0 aromatic carbocycles. The molecule has 2 fully saturated rings. The third kappa shape index (κ3) is 0.758. The highest BCUT2D eigenvalue weighted by atomic mass is 16.4. The van der Waals surface area contributed by atoms with Gasteiger partial charge in [-0.25, -0.2) is 0 Å². The highest BCUT2D eigenvalue weighted by molar-refractivity contribution is 5.11. The first kappa shape index (κ1) is 8.44. The minimum Gasteiger partial charge on any atom is -0.390 e. The van der Waals surface area contributed by atoms with Gasteiger partial charge < -0.3 is 20.4 Å². The maximum Gasteiger partial charge on any atom is 0.0859 e. The third-order valence-corrected chi connectivity index (χ3v) is 3.47. The molecule has 0 radical (unpaired) electrons. The first-order valence-electron chi connectivity index (χ1n) is 4.28. The first-order chi connectivity index (χ1) is 5.55. The molecule has 2 aliphatic rings. The summed E-state index contributed by atoms with van der Waals surface area (Å²) in [6, 6.07) is 0. The molecule has 7 unspecified atom stereocenters. The fraction of sp³-hybridized carbons (Fsp3) is 1.00. The average Bonchev–Trinajstić information content (AvgIpc) is 2.26. The Kier molecular flexibility index (Phi) is 1.70. The summed E-state index contributed by atoms with van der Waals surface area (Å²) in [7, 11) is 0. The summed E-state index contributed by atoms with van der Waals surface area (Å²) in [4.78, 5) is 0. The highest BCUT2D eigenvalue weighted by Gasteiger charge is 2.62. The Bertz CT molecular complexity index is 175. The van der Waals surface area contributed by atoms with E-state index in [1.807, 2.05) is 0 Å². The Hall–Kier alpha value is -0.160. The van der Waals surface area contributed by atoms with Crippen LogP contribution in [-0.2, 0) is 0 Å². The summed E-state index contributed by atoms with van der Waals surface area (Å²) in [6.45, 7) is 1.79. The van der Waals surface area contributed by atoms with Crippen molar-refractivity contribution in [2.24, 2.45) is 17.8 Å². The van der Waals surface area contributed by atoms with Crippen LogP contribution >= 0.6 is 0 Å². The zero-order valence-corrected chi connectivity index (χ0v) is 6.83. The van der Waals surface area contributed by atoms with Crippen LogP contribution in [0.1, 0.15) is 6.92 Å². The molecule has 0 aliphatic heterocycles. The van der Waals surface area contributed by atoms with Crippen LogP contribution in [0.3, 0.4) is 0 Å². The van der Waals surface area contributed by atoms with Crippen LogP contribution in [0, 0.1) is 17.8 Å². The van der Waals surface area contributed by atoms with E-state index in [1.165, 1.54) is 0 Å². The van der Waals surface area contributed by atoms with Crippen LogP contribution in [0.25, 0.3) is 0 Å². The van der Waals surface area contributed by atoms with Gasteiger partial charge in [-0.3, -0.25) is 0 Å². The van der Waals surface area contributed by atoms with Gasteiger partial charge in [-0.05, 0) is 5.92 Å². The van der Waals surface area contributed by atoms with Crippen molar-refractivity contribution < 1.29 is 20.4 Å². The number of aliphatic hydroxyl groups excluding tert-OH is 4. The van der Waals surface area contributed by atoms with Crippen molar-refractivity contribution in [3.05, 3.63) is 0 Å². The molecule has 4 N–H and O–H groups in total. The fourth-order valence-electron chi connectivity index (χ4n) is 2.62. The van der Waals surface area contributed by atoms with Gasteiger partial charge in [0.2, 0.25) is 0 Å². The molecule has 4 heteroatoms. The number of fused-ring (bicyclic) bond motifs is 1. The van der Waals surface area contributed by atoms with Crippen molar-refractivity contribution in [1.29, 1.82) is 0 Å². The molecule has 0 amide bonds. The second kappa shape index (κ2) is 2.42. The van der Waals surface area contributed by atoms with Crippen LogP contribution in [0.15, 0.2) is 0 Å². The maximum atomic E-state index is 9.43. The van der Waals surface area contributed by atoms with Gasteiger partial charge in [0.25, 0.3) is 0 Å². The van der Waals surface area contributed by atoms with Crippen molar-refractivity contribution in [1.82, 2.24) is 0 Å².